The zero-order valence-corrected chi connectivity index (χ0v) is 13.1. The van der Waals surface area contributed by atoms with Gasteiger partial charge in [-0.15, -0.1) is 10.2 Å². The molecule has 0 aliphatic carbocycles. The number of aliphatic hydroxyl groups excluding tert-OH is 1. The number of likely N-dealkylation sites (tertiary alicyclic amines) is 1. The van der Waals surface area contributed by atoms with E-state index in [1.165, 1.54) is 22.5 Å². The van der Waals surface area contributed by atoms with Gasteiger partial charge in [-0.3, -0.25) is 5.32 Å². The van der Waals surface area contributed by atoms with Crippen LogP contribution in [0.25, 0.3) is 0 Å². The van der Waals surface area contributed by atoms with Gasteiger partial charge in [0.25, 0.3) is 0 Å². The standard InChI is InChI=1S/C15H18N4O2S/c1-10-2-4-11(5-3-10)8-13-17-18-14(22-13)16-15(21)19-7-6-12(20)9-19/h2-5,12,20H,6-9H2,1H3,(H,16,18,21)/t12-/m0/s1. The SMILES string of the molecule is Cc1ccc(Cc2nnc(NC(=O)N3CC[C@H](O)C3)s2)cc1. The molecule has 2 N–H and O–H groups in total. The molecule has 2 heterocycles. The third kappa shape index (κ3) is 3.61. The van der Waals surface area contributed by atoms with Crippen molar-refractivity contribution in [3.63, 3.8) is 0 Å². The quantitative estimate of drug-likeness (QED) is 0.908. The topological polar surface area (TPSA) is 78.4 Å². The van der Waals surface area contributed by atoms with Gasteiger partial charge >= 0.3 is 6.03 Å². The van der Waals surface area contributed by atoms with E-state index in [-0.39, 0.29) is 6.03 Å². The van der Waals surface area contributed by atoms with Crippen LogP contribution in [-0.2, 0) is 6.42 Å². The molecule has 2 amide bonds. The first-order valence-electron chi connectivity index (χ1n) is 7.22. The van der Waals surface area contributed by atoms with Gasteiger partial charge in [0.2, 0.25) is 5.13 Å². The highest BCUT2D eigenvalue weighted by Gasteiger charge is 2.25. The van der Waals surface area contributed by atoms with Gasteiger partial charge in [0.15, 0.2) is 0 Å². The summed E-state index contributed by atoms with van der Waals surface area (Å²) >= 11 is 1.38. The van der Waals surface area contributed by atoms with Crippen LogP contribution >= 0.6 is 11.3 Å². The number of rotatable bonds is 3. The van der Waals surface area contributed by atoms with Crippen molar-refractivity contribution in [1.29, 1.82) is 0 Å². The smallest absolute Gasteiger partial charge is 0.323 e. The number of carbonyl (C=O) groups is 1. The van der Waals surface area contributed by atoms with Gasteiger partial charge in [-0.2, -0.15) is 0 Å². The Labute approximate surface area is 132 Å². The van der Waals surface area contributed by atoms with E-state index in [0.717, 1.165) is 5.01 Å². The van der Waals surface area contributed by atoms with E-state index in [9.17, 15) is 9.90 Å². The molecule has 0 radical (unpaired) electrons. The second-order valence-electron chi connectivity index (χ2n) is 5.48. The molecular weight excluding hydrogens is 300 g/mol. The van der Waals surface area contributed by atoms with Crippen molar-refractivity contribution < 1.29 is 9.90 Å². The number of amides is 2. The van der Waals surface area contributed by atoms with Gasteiger partial charge < -0.3 is 10.0 Å². The second-order valence-corrected chi connectivity index (χ2v) is 6.54. The van der Waals surface area contributed by atoms with Crippen LogP contribution in [0.3, 0.4) is 0 Å². The molecule has 2 aromatic rings. The van der Waals surface area contributed by atoms with Crippen LogP contribution in [-0.4, -0.2) is 45.4 Å². The summed E-state index contributed by atoms with van der Waals surface area (Å²) in [6.07, 6.45) is 0.913. The van der Waals surface area contributed by atoms with Crippen LogP contribution in [0.2, 0.25) is 0 Å². The highest BCUT2D eigenvalue weighted by molar-refractivity contribution is 7.15. The maximum atomic E-state index is 12.0. The lowest BCUT2D eigenvalue weighted by Gasteiger charge is -2.14. The molecule has 0 unspecified atom stereocenters. The number of anilines is 1. The number of aromatic nitrogens is 2. The average Bonchev–Trinajstić information content (AvgIpc) is 3.11. The van der Waals surface area contributed by atoms with Gasteiger partial charge in [0, 0.05) is 19.5 Å². The molecule has 0 saturated carbocycles. The number of hydrogen-bond acceptors (Lipinski definition) is 5. The van der Waals surface area contributed by atoms with Crippen LogP contribution in [0, 0.1) is 6.92 Å². The maximum Gasteiger partial charge on any atom is 0.323 e. The first kappa shape index (κ1) is 14.9. The summed E-state index contributed by atoms with van der Waals surface area (Å²) in [5.74, 6) is 0. The Balaban J connectivity index is 1.59. The summed E-state index contributed by atoms with van der Waals surface area (Å²) in [6.45, 7) is 3.00. The van der Waals surface area contributed by atoms with Gasteiger partial charge in [-0.05, 0) is 18.9 Å². The van der Waals surface area contributed by atoms with E-state index >= 15 is 0 Å². The average molecular weight is 318 g/mol. The molecule has 1 aliphatic heterocycles. The summed E-state index contributed by atoms with van der Waals surface area (Å²) in [7, 11) is 0. The number of urea groups is 1. The zero-order chi connectivity index (χ0) is 15.5. The molecule has 0 bridgehead atoms. The van der Waals surface area contributed by atoms with Crippen molar-refractivity contribution in [2.24, 2.45) is 0 Å². The molecule has 1 aliphatic rings. The zero-order valence-electron chi connectivity index (χ0n) is 12.3. The van der Waals surface area contributed by atoms with Crippen molar-refractivity contribution in [3.8, 4) is 0 Å². The third-order valence-electron chi connectivity index (χ3n) is 3.61. The monoisotopic (exact) mass is 318 g/mol. The molecule has 22 heavy (non-hydrogen) atoms. The molecule has 1 aromatic carbocycles. The highest BCUT2D eigenvalue weighted by Crippen LogP contribution is 2.20. The van der Waals surface area contributed by atoms with Crippen molar-refractivity contribution in [2.45, 2.75) is 25.9 Å². The van der Waals surface area contributed by atoms with Crippen LogP contribution in [0.5, 0.6) is 0 Å². The molecule has 116 valence electrons. The minimum atomic E-state index is -0.419. The Kier molecular flexibility index (Phi) is 4.35. The molecule has 3 rings (SSSR count). The van der Waals surface area contributed by atoms with Crippen LogP contribution in [0.4, 0.5) is 9.93 Å². The molecule has 7 heteroatoms. The predicted octanol–water partition coefficient (Wildman–Crippen LogP) is 2.04. The Morgan fingerprint density at radius 3 is 2.86 bits per heavy atom. The molecule has 1 aromatic heterocycles. The highest BCUT2D eigenvalue weighted by atomic mass is 32.1. The Morgan fingerprint density at radius 1 is 1.41 bits per heavy atom. The van der Waals surface area contributed by atoms with Crippen LogP contribution < -0.4 is 5.32 Å². The van der Waals surface area contributed by atoms with E-state index in [4.69, 9.17) is 0 Å². The van der Waals surface area contributed by atoms with E-state index in [1.54, 1.807) is 4.90 Å². The van der Waals surface area contributed by atoms with Gasteiger partial charge in [0.05, 0.1) is 6.10 Å². The van der Waals surface area contributed by atoms with E-state index in [2.05, 4.69) is 46.7 Å². The maximum absolute atomic E-state index is 12.0. The van der Waals surface area contributed by atoms with Crippen molar-refractivity contribution >= 4 is 22.5 Å². The number of hydrogen-bond donors (Lipinski definition) is 2. The first-order chi connectivity index (χ1) is 10.6. The summed E-state index contributed by atoms with van der Waals surface area (Å²) in [6, 6.07) is 8.05. The first-order valence-corrected chi connectivity index (χ1v) is 8.04. The van der Waals surface area contributed by atoms with Crippen molar-refractivity contribution in [3.05, 3.63) is 40.4 Å². The van der Waals surface area contributed by atoms with E-state index in [0.29, 0.717) is 31.1 Å². The van der Waals surface area contributed by atoms with Crippen LogP contribution in [0.15, 0.2) is 24.3 Å². The minimum absolute atomic E-state index is 0.227. The van der Waals surface area contributed by atoms with Gasteiger partial charge in [-0.1, -0.05) is 41.2 Å². The van der Waals surface area contributed by atoms with Crippen molar-refractivity contribution in [1.82, 2.24) is 15.1 Å². The molecule has 1 fully saturated rings. The number of aryl methyl sites for hydroxylation is 1. The summed E-state index contributed by atoms with van der Waals surface area (Å²) < 4.78 is 0. The van der Waals surface area contributed by atoms with Crippen molar-refractivity contribution in [2.75, 3.05) is 18.4 Å². The molecule has 0 spiro atoms. The summed E-state index contributed by atoms with van der Waals surface area (Å²) in [4.78, 5) is 13.6. The van der Waals surface area contributed by atoms with Gasteiger partial charge in [-0.25, -0.2) is 4.79 Å². The summed E-state index contributed by atoms with van der Waals surface area (Å²) in [5, 5.41) is 21.7. The van der Waals surface area contributed by atoms with Crippen LogP contribution in [0.1, 0.15) is 22.6 Å². The fourth-order valence-electron chi connectivity index (χ4n) is 2.35. The van der Waals surface area contributed by atoms with E-state index in [1.807, 2.05) is 0 Å². The lowest BCUT2D eigenvalue weighted by Crippen LogP contribution is -2.33. The number of benzene rings is 1. The normalized spacial score (nSPS) is 17.7. The fraction of sp³-hybridized carbons (Fsp3) is 0.400. The lowest BCUT2D eigenvalue weighted by molar-refractivity contribution is 0.176. The number of nitrogens with zero attached hydrogens (tertiary/aromatic N) is 3. The Morgan fingerprint density at radius 2 is 2.18 bits per heavy atom. The molecule has 6 nitrogen and oxygen atoms in total. The largest absolute Gasteiger partial charge is 0.391 e. The summed E-state index contributed by atoms with van der Waals surface area (Å²) in [5.41, 5.74) is 2.39. The Hall–Kier alpha value is -1.99. The predicted molar refractivity (Wildman–Crippen MR) is 85.1 cm³/mol. The number of carbonyl (C=O) groups excluding carboxylic acids is 1. The number of nitrogens with one attached hydrogen (secondary N) is 1. The second kappa shape index (κ2) is 6.41. The fourth-order valence-corrected chi connectivity index (χ4v) is 3.12. The lowest BCUT2D eigenvalue weighted by atomic mass is 10.1. The number of β-amino-alcohol motifs (C(OH)–C–C–N with tert-alkyl or cyclic N) is 1. The van der Waals surface area contributed by atoms with E-state index < -0.39 is 6.10 Å². The molecular formula is C15H18N4O2S. The number of aliphatic hydroxyl groups is 1. The van der Waals surface area contributed by atoms with Gasteiger partial charge in [0.1, 0.15) is 5.01 Å². The minimum Gasteiger partial charge on any atom is -0.391 e. The Bertz CT molecular complexity index is 656. The third-order valence-corrected chi connectivity index (χ3v) is 4.45. The molecule has 1 atom stereocenters. The molecule has 1 saturated heterocycles.